The van der Waals surface area contributed by atoms with E-state index in [-0.39, 0.29) is 12.6 Å². The van der Waals surface area contributed by atoms with E-state index < -0.39 is 0 Å². The zero-order valence-electron chi connectivity index (χ0n) is 12.8. The van der Waals surface area contributed by atoms with Crippen LogP contribution in [-0.2, 0) is 17.8 Å². The Hall–Kier alpha value is -2.40. The number of aliphatic hydroxyl groups is 1. The third kappa shape index (κ3) is 4.05. The zero-order valence-corrected chi connectivity index (χ0v) is 12.8. The first-order chi connectivity index (χ1) is 10.6. The molecule has 2 rings (SSSR count). The third-order valence-corrected chi connectivity index (χ3v) is 3.42. The number of hydrogen-bond acceptors (Lipinski definition) is 5. The number of ether oxygens (including phenoxy) is 1. The van der Waals surface area contributed by atoms with Crippen molar-refractivity contribution < 1.29 is 14.6 Å². The molecule has 1 heterocycles. The van der Waals surface area contributed by atoms with E-state index in [4.69, 9.17) is 9.84 Å². The fourth-order valence-electron chi connectivity index (χ4n) is 2.13. The quantitative estimate of drug-likeness (QED) is 0.801. The van der Waals surface area contributed by atoms with E-state index >= 15 is 0 Å². The van der Waals surface area contributed by atoms with Gasteiger partial charge in [0.05, 0.1) is 25.0 Å². The van der Waals surface area contributed by atoms with Crippen molar-refractivity contribution in [3.8, 4) is 0 Å². The number of nitrogens with zero attached hydrogens (tertiary/aromatic N) is 1. The van der Waals surface area contributed by atoms with Gasteiger partial charge in [0.25, 0.3) is 0 Å². The Morgan fingerprint density at radius 3 is 2.45 bits per heavy atom. The highest BCUT2D eigenvalue weighted by atomic mass is 16.5. The summed E-state index contributed by atoms with van der Waals surface area (Å²) in [6.07, 6.45) is 0.852. The summed E-state index contributed by atoms with van der Waals surface area (Å²) in [7, 11) is 1.36. The Morgan fingerprint density at radius 2 is 1.86 bits per heavy atom. The van der Waals surface area contributed by atoms with Crippen molar-refractivity contribution in [2.75, 3.05) is 19.0 Å². The molecule has 116 valence electrons. The van der Waals surface area contributed by atoms with Gasteiger partial charge in [0.15, 0.2) is 0 Å². The summed E-state index contributed by atoms with van der Waals surface area (Å²) in [6, 6.07) is 11.3. The van der Waals surface area contributed by atoms with Gasteiger partial charge in [-0.3, -0.25) is 0 Å². The van der Waals surface area contributed by atoms with Crippen LogP contribution in [0.25, 0.3) is 0 Å². The molecule has 0 aliphatic rings. The van der Waals surface area contributed by atoms with Gasteiger partial charge in [-0.2, -0.15) is 0 Å². The minimum atomic E-state index is -0.375. The Balaban J connectivity index is 1.91. The minimum absolute atomic E-state index is 0.0638. The topological polar surface area (TPSA) is 71.5 Å². The van der Waals surface area contributed by atoms with E-state index in [1.54, 1.807) is 19.1 Å². The number of benzene rings is 1. The number of carbonyl (C=O) groups is 1. The van der Waals surface area contributed by atoms with Crippen LogP contribution in [0.2, 0.25) is 0 Å². The number of carbonyl (C=O) groups excluding carboxylic acids is 1. The van der Waals surface area contributed by atoms with Crippen LogP contribution in [-0.4, -0.2) is 29.7 Å². The van der Waals surface area contributed by atoms with Gasteiger partial charge < -0.3 is 15.2 Å². The Morgan fingerprint density at radius 1 is 1.18 bits per heavy atom. The van der Waals surface area contributed by atoms with Crippen molar-refractivity contribution in [3.05, 3.63) is 58.8 Å². The Labute approximate surface area is 130 Å². The van der Waals surface area contributed by atoms with Gasteiger partial charge >= 0.3 is 5.97 Å². The third-order valence-electron chi connectivity index (χ3n) is 3.42. The molecule has 0 atom stereocenters. The van der Waals surface area contributed by atoms with Crippen molar-refractivity contribution in [2.24, 2.45) is 0 Å². The lowest BCUT2D eigenvalue weighted by molar-refractivity contribution is 0.0599. The fraction of sp³-hybridized carbons (Fsp3) is 0.294. The van der Waals surface area contributed by atoms with Gasteiger partial charge in [-0.1, -0.05) is 24.3 Å². The molecule has 2 N–H and O–H groups in total. The average Bonchev–Trinajstić information content (AvgIpc) is 2.55. The molecule has 0 amide bonds. The average molecular weight is 300 g/mol. The molecule has 1 aromatic heterocycles. The van der Waals surface area contributed by atoms with Crippen molar-refractivity contribution in [1.29, 1.82) is 0 Å². The lowest BCUT2D eigenvalue weighted by Crippen LogP contribution is -2.10. The lowest BCUT2D eigenvalue weighted by Gasteiger charge is -2.09. The first-order valence-corrected chi connectivity index (χ1v) is 7.12. The maximum absolute atomic E-state index is 11.5. The molecule has 5 heteroatoms. The van der Waals surface area contributed by atoms with Crippen LogP contribution >= 0.6 is 0 Å². The van der Waals surface area contributed by atoms with E-state index in [0.717, 1.165) is 24.3 Å². The lowest BCUT2D eigenvalue weighted by atomic mass is 10.1. The van der Waals surface area contributed by atoms with Crippen LogP contribution in [0.15, 0.2) is 36.4 Å². The van der Waals surface area contributed by atoms with Gasteiger partial charge in [0, 0.05) is 6.54 Å². The summed E-state index contributed by atoms with van der Waals surface area (Å²) in [5.74, 6) is 0.359. The molecule has 22 heavy (non-hydrogen) atoms. The van der Waals surface area contributed by atoms with Crippen LogP contribution in [0.1, 0.15) is 27.2 Å². The highest BCUT2D eigenvalue weighted by Crippen LogP contribution is 2.12. The highest BCUT2D eigenvalue weighted by Gasteiger charge is 2.10. The molecule has 0 radical (unpaired) electrons. The van der Waals surface area contributed by atoms with E-state index in [1.807, 2.05) is 24.3 Å². The summed E-state index contributed by atoms with van der Waals surface area (Å²) in [6.45, 7) is 2.59. The van der Waals surface area contributed by atoms with E-state index in [9.17, 15) is 4.79 Å². The minimum Gasteiger partial charge on any atom is -0.465 e. The Kier molecular flexibility index (Phi) is 5.49. The molecule has 1 aromatic carbocycles. The predicted octanol–water partition coefficient (Wildman–Crippen LogP) is 2.32. The normalized spacial score (nSPS) is 10.3. The molecule has 2 aromatic rings. The molecule has 0 spiro atoms. The van der Waals surface area contributed by atoms with Gasteiger partial charge in [-0.15, -0.1) is 0 Å². The van der Waals surface area contributed by atoms with Crippen LogP contribution in [0, 0.1) is 6.92 Å². The number of esters is 1. The standard InChI is InChI=1S/C17H20N2O3/c1-12-15(17(21)22-2)7-8-16(19-12)18-10-9-13-3-5-14(11-20)6-4-13/h3-8,20H,9-11H2,1-2H3,(H,18,19). The van der Waals surface area contributed by atoms with Gasteiger partial charge in [-0.25, -0.2) is 9.78 Å². The molecule has 0 aliphatic carbocycles. The summed E-state index contributed by atoms with van der Waals surface area (Å²) < 4.78 is 4.70. The number of nitrogens with one attached hydrogen (secondary N) is 1. The number of anilines is 1. The fourth-order valence-corrected chi connectivity index (χ4v) is 2.13. The summed E-state index contributed by atoms with van der Waals surface area (Å²) in [4.78, 5) is 15.9. The SMILES string of the molecule is COC(=O)c1ccc(NCCc2ccc(CO)cc2)nc1C. The number of hydrogen-bond donors (Lipinski definition) is 2. The van der Waals surface area contributed by atoms with E-state index in [0.29, 0.717) is 11.3 Å². The largest absolute Gasteiger partial charge is 0.465 e. The predicted molar refractivity (Wildman–Crippen MR) is 84.9 cm³/mol. The summed E-state index contributed by atoms with van der Waals surface area (Å²) in [5.41, 5.74) is 3.22. The van der Waals surface area contributed by atoms with Gasteiger partial charge in [-0.05, 0) is 36.6 Å². The second kappa shape index (κ2) is 7.56. The first-order valence-electron chi connectivity index (χ1n) is 7.12. The number of aromatic nitrogens is 1. The van der Waals surface area contributed by atoms with Gasteiger partial charge in [0.1, 0.15) is 5.82 Å². The van der Waals surface area contributed by atoms with Crippen LogP contribution in [0.3, 0.4) is 0 Å². The molecule has 5 nitrogen and oxygen atoms in total. The molecular weight excluding hydrogens is 280 g/mol. The van der Waals surface area contributed by atoms with Crippen molar-refractivity contribution >= 4 is 11.8 Å². The monoisotopic (exact) mass is 300 g/mol. The Bertz CT molecular complexity index is 639. The summed E-state index contributed by atoms with van der Waals surface area (Å²) in [5, 5.41) is 12.2. The maximum atomic E-state index is 11.5. The van der Waals surface area contributed by atoms with Crippen LogP contribution in [0.5, 0.6) is 0 Å². The number of aliphatic hydroxyl groups excluding tert-OH is 1. The molecule has 0 bridgehead atoms. The number of aryl methyl sites for hydroxylation is 1. The van der Waals surface area contributed by atoms with Gasteiger partial charge in [0.2, 0.25) is 0 Å². The van der Waals surface area contributed by atoms with Crippen LogP contribution in [0.4, 0.5) is 5.82 Å². The highest BCUT2D eigenvalue weighted by molar-refractivity contribution is 5.90. The smallest absolute Gasteiger partial charge is 0.339 e. The molecule has 0 unspecified atom stereocenters. The molecule has 0 fully saturated rings. The van der Waals surface area contributed by atoms with Crippen molar-refractivity contribution in [3.63, 3.8) is 0 Å². The zero-order chi connectivity index (χ0) is 15.9. The first kappa shape index (κ1) is 16.0. The maximum Gasteiger partial charge on any atom is 0.339 e. The number of methoxy groups -OCH3 is 1. The van der Waals surface area contributed by atoms with Crippen molar-refractivity contribution in [2.45, 2.75) is 20.0 Å². The second-order valence-electron chi connectivity index (χ2n) is 4.97. The number of pyridine rings is 1. The van der Waals surface area contributed by atoms with Crippen molar-refractivity contribution in [1.82, 2.24) is 4.98 Å². The molecule has 0 aliphatic heterocycles. The van der Waals surface area contributed by atoms with E-state index in [2.05, 4.69) is 10.3 Å². The molecule has 0 saturated heterocycles. The van der Waals surface area contributed by atoms with E-state index in [1.165, 1.54) is 12.7 Å². The number of rotatable bonds is 6. The summed E-state index contributed by atoms with van der Waals surface area (Å²) >= 11 is 0. The van der Waals surface area contributed by atoms with Crippen LogP contribution < -0.4 is 5.32 Å². The second-order valence-corrected chi connectivity index (χ2v) is 4.97. The molecule has 0 saturated carbocycles. The molecular formula is C17H20N2O3.